The van der Waals surface area contributed by atoms with Crippen molar-refractivity contribution in [2.45, 2.75) is 14.4 Å². The zero-order chi connectivity index (χ0) is 3.58. The molecule has 0 aliphatic heterocycles. The summed E-state index contributed by atoms with van der Waals surface area (Å²) in [5, 5.41) is 8.89. The fraction of sp³-hybridized carbons (Fsp3) is 0.667. The summed E-state index contributed by atoms with van der Waals surface area (Å²) in [4.78, 5) is 8.89. The van der Waals surface area contributed by atoms with Crippen LogP contribution >= 0.6 is 0 Å². The van der Waals surface area contributed by atoms with Gasteiger partial charge in [-0.15, -0.1) is 0 Å². The van der Waals surface area contributed by atoms with Crippen molar-refractivity contribution in [2.24, 2.45) is 0 Å². The van der Waals surface area contributed by atoms with Gasteiger partial charge in [-0.25, -0.2) is 0 Å². The molecule has 0 spiro atoms. The Bertz CT molecular complexity index is 31.8. The molecule has 1 radical (unpaired) electrons. The van der Waals surface area contributed by atoms with Gasteiger partial charge in [-0.05, 0) is 6.92 Å². The van der Waals surface area contributed by atoms with Gasteiger partial charge in [0.25, 0.3) is 0 Å². The summed E-state index contributed by atoms with van der Waals surface area (Å²) in [5.41, 5.74) is 0. The van der Waals surface area contributed by atoms with Crippen molar-refractivity contribution in [3.05, 3.63) is 0 Å². The molecule has 0 aliphatic rings. The van der Waals surface area contributed by atoms with E-state index >= 15 is 0 Å². The average molecular weight is 276 g/mol. The number of hydrogen-bond donors (Lipinski definition) is 0. The third-order valence-electron chi connectivity index (χ3n) is 0. The molecule has 0 aromatic rings. The van der Waals surface area contributed by atoms with Crippen molar-refractivity contribution in [3.63, 3.8) is 0 Å². The van der Waals surface area contributed by atoms with Crippen molar-refractivity contribution >= 4 is 5.97 Å². The standard InChI is InChI=1S/C2H4O2.CH4.Hg/c1-2(3)4;;/h1H3,(H,3,4);1H4;/q;;+1/p-1. The van der Waals surface area contributed by atoms with Gasteiger partial charge in [-0.2, -0.15) is 0 Å². The second-order valence-corrected chi connectivity index (χ2v) is 0.492. The minimum atomic E-state index is -1.08. The van der Waals surface area contributed by atoms with E-state index < -0.39 is 5.97 Å². The molecule has 0 saturated carbocycles. The van der Waals surface area contributed by atoms with Crippen molar-refractivity contribution < 1.29 is 37.6 Å². The first kappa shape index (κ1) is 16.1. The van der Waals surface area contributed by atoms with Gasteiger partial charge >= 0.3 is 27.7 Å². The summed E-state index contributed by atoms with van der Waals surface area (Å²) in [6, 6.07) is 0. The maximum absolute atomic E-state index is 8.89. The largest absolute Gasteiger partial charge is 1.00 e. The summed E-state index contributed by atoms with van der Waals surface area (Å²) in [5.74, 6) is -1.08. The van der Waals surface area contributed by atoms with Crippen LogP contribution in [0, 0.1) is 0 Å². The fourth-order valence-electron chi connectivity index (χ4n) is 0. The van der Waals surface area contributed by atoms with Crippen LogP contribution in [0.4, 0.5) is 0 Å². The second kappa shape index (κ2) is 9.05. The van der Waals surface area contributed by atoms with E-state index in [0.29, 0.717) is 0 Å². The first-order valence-corrected chi connectivity index (χ1v) is 0.908. The summed E-state index contributed by atoms with van der Waals surface area (Å²) >= 11 is 0. The quantitative estimate of drug-likeness (QED) is 0.554. The van der Waals surface area contributed by atoms with E-state index in [1.807, 2.05) is 0 Å². The third kappa shape index (κ3) is 311. The summed E-state index contributed by atoms with van der Waals surface area (Å²) < 4.78 is 0. The first-order chi connectivity index (χ1) is 1.73. The Balaban J connectivity index is -0.0000000450. The third-order valence-corrected chi connectivity index (χ3v) is 0. The van der Waals surface area contributed by atoms with Crippen LogP contribution in [0.3, 0.4) is 0 Å². The van der Waals surface area contributed by atoms with Crippen LogP contribution in [0.15, 0.2) is 0 Å². The molecular formula is C3H7HgO2. The molecule has 2 nitrogen and oxygen atoms in total. The molecule has 0 heterocycles. The number of aliphatic carboxylic acids is 1. The van der Waals surface area contributed by atoms with Gasteiger partial charge in [0.05, 0.1) is 0 Å². The maximum Gasteiger partial charge on any atom is 1.00 e. The molecule has 0 atom stereocenters. The number of carbonyl (C=O) groups is 1. The van der Waals surface area contributed by atoms with E-state index in [2.05, 4.69) is 0 Å². The molecule has 6 heavy (non-hydrogen) atoms. The molecule has 0 unspecified atom stereocenters. The van der Waals surface area contributed by atoms with Gasteiger partial charge < -0.3 is 9.90 Å². The minimum Gasteiger partial charge on any atom is -0.550 e. The zero-order valence-electron chi connectivity index (χ0n) is 3.02. The Labute approximate surface area is 58.1 Å². The van der Waals surface area contributed by atoms with E-state index in [1.165, 1.54) is 0 Å². The van der Waals surface area contributed by atoms with Gasteiger partial charge in [-0.3, -0.25) is 0 Å². The molecule has 0 aromatic carbocycles. The van der Waals surface area contributed by atoms with E-state index in [1.54, 1.807) is 0 Å². The molecule has 0 aliphatic carbocycles. The second-order valence-electron chi connectivity index (χ2n) is 0.492. The van der Waals surface area contributed by atoms with Crippen molar-refractivity contribution in [1.29, 1.82) is 0 Å². The Morgan fingerprint density at radius 2 is 1.67 bits per heavy atom. The van der Waals surface area contributed by atoms with Gasteiger partial charge in [0, 0.05) is 5.97 Å². The first-order valence-electron chi connectivity index (χ1n) is 0.908. The molecule has 0 N–H and O–H groups in total. The Morgan fingerprint density at radius 1 is 1.67 bits per heavy atom. The topological polar surface area (TPSA) is 40.1 Å². The number of rotatable bonds is 0. The van der Waals surface area contributed by atoms with Gasteiger partial charge in [-0.1, -0.05) is 7.43 Å². The molecule has 33 valence electrons. The smallest absolute Gasteiger partial charge is 0.550 e. The number of carboxylic acid groups (broad SMARTS) is 1. The maximum atomic E-state index is 8.89. The van der Waals surface area contributed by atoms with Crippen LogP contribution < -0.4 is 5.11 Å². The monoisotopic (exact) mass is 277 g/mol. The molecule has 0 aromatic heterocycles. The number of carboxylic acids is 1. The van der Waals surface area contributed by atoms with Gasteiger partial charge in [0.1, 0.15) is 0 Å². The van der Waals surface area contributed by atoms with E-state index in [9.17, 15) is 0 Å². The predicted molar refractivity (Wildman–Crippen MR) is 17.4 cm³/mol. The molecule has 0 bridgehead atoms. The van der Waals surface area contributed by atoms with E-state index in [4.69, 9.17) is 9.90 Å². The van der Waals surface area contributed by atoms with Gasteiger partial charge in [0.2, 0.25) is 0 Å². The minimum absolute atomic E-state index is 0. The molecule has 0 rings (SSSR count). The molecule has 0 saturated heterocycles. The van der Waals surface area contributed by atoms with Crippen LogP contribution in [-0.4, -0.2) is 5.97 Å². The zero-order valence-corrected chi connectivity index (χ0v) is 8.52. The molecule has 3 heteroatoms. The summed E-state index contributed by atoms with van der Waals surface area (Å²) in [6.45, 7) is 0.972. The van der Waals surface area contributed by atoms with E-state index in [-0.39, 0.29) is 35.1 Å². The van der Waals surface area contributed by atoms with Crippen LogP contribution in [-0.2, 0) is 32.5 Å². The SMILES string of the molecule is C.CC(=O)[O-].[Hg+]. The Kier molecular flexibility index (Phi) is 24.3. The average Bonchev–Trinajstić information content (AvgIpc) is 0.811. The molecule has 0 amide bonds. The van der Waals surface area contributed by atoms with E-state index in [0.717, 1.165) is 6.92 Å². The van der Waals surface area contributed by atoms with Crippen molar-refractivity contribution in [3.8, 4) is 0 Å². The number of hydrogen-bond acceptors (Lipinski definition) is 2. The van der Waals surface area contributed by atoms with Crippen molar-refractivity contribution in [2.75, 3.05) is 0 Å². The predicted octanol–water partition coefficient (Wildman–Crippen LogP) is -0.610. The molecule has 0 fully saturated rings. The summed E-state index contributed by atoms with van der Waals surface area (Å²) in [7, 11) is 0. The number of carbonyl (C=O) groups excluding carboxylic acids is 1. The summed E-state index contributed by atoms with van der Waals surface area (Å²) in [6.07, 6.45) is 0. The van der Waals surface area contributed by atoms with Crippen LogP contribution in [0.5, 0.6) is 0 Å². The van der Waals surface area contributed by atoms with Crippen LogP contribution in [0.1, 0.15) is 14.4 Å². The van der Waals surface area contributed by atoms with Crippen molar-refractivity contribution in [1.82, 2.24) is 0 Å². The Morgan fingerprint density at radius 3 is 1.67 bits per heavy atom. The van der Waals surface area contributed by atoms with Crippen LogP contribution in [0.25, 0.3) is 0 Å². The normalized spacial score (nSPS) is 4.17. The molecular weight excluding hydrogens is 269 g/mol. The Hall–Kier alpha value is 0.405. The van der Waals surface area contributed by atoms with Gasteiger partial charge in [0.15, 0.2) is 0 Å². The fourth-order valence-corrected chi connectivity index (χ4v) is 0. The van der Waals surface area contributed by atoms with Crippen LogP contribution in [0.2, 0.25) is 0 Å².